The van der Waals surface area contributed by atoms with Crippen LogP contribution in [0.25, 0.3) is 6.08 Å². The largest absolute Gasteiger partial charge is 0.496 e. The third kappa shape index (κ3) is 4.74. The van der Waals surface area contributed by atoms with Crippen LogP contribution in [0.5, 0.6) is 11.5 Å². The van der Waals surface area contributed by atoms with Crippen LogP contribution in [0.3, 0.4) is 0 Å². The van der Waals surface area contributed by atoms with Crippen molar-refractivity contribution in [2.24, 2.45) is 0 Å². The Labute approximate surface area is 171 Å². The second-order valence-corrected chi connectivity index (χ2v) is 6.81. The fourth-order valence-electron chi connectivity index (χ4n) is 3.24. The minimum atomic E-state index is -0.0755. The highest BCUT2D eigenvalue weighted by atomic mass is 16.5. The lowest BCUT2D eigenvalue weighted by Crippen LogP contribution is -2.07. The van der Waals surface area contributed by atoms with Gasteiger partial charge in [0.25, 0.3) is 0 Å². The molecule has 1 aromatic heterocycles. The highest BCUT2D eigenvalue weighted by molar-refractivity contribution is 6.05. The zero-order chi connectivity index (χ0) is 20.8. The van der Waals surface area contributed by atoms with E-state index in [1.807, 2.05) is 57.2 Å². The number of aromatic nitrogens is 2. The lowest BCUT2D eigenvalue weighted by molar-refractivity contribution is 0.103. The van der Waals surface area contributed by atoms with Gasteiger partial charge >= 0.3 is 0 Å². The lowest BCUT2D eigenvalue weighted by atomic mass is 10.1. The van der Waals surface area contributed by atoms with Crippen molar-refractivity contribution in [2.45, 2.75) is 33.9 Å². The zero-order valence-electron chi connectivity index (χ0n) is 17.3. The van der Waals surface area contributed by atoms with E-state index in [1.165, 1.54) is 0 Å². The lowest BCUT2D eigenvalue weighted by Gasteiger charge is -2.14. The Hall–Kier alpha value is -3.34. The van der Waals surface area contributed by atoms with Crippen molar-refractivity contribution in [1.29, 1.82) is 0 Å². The molecule has 0 bridgehead atoms. The van der Waals surface area contributed by atoms with Crippen LogP contribution in [0.4, 0.5) is 0 Å². The molecule has 1 heterocycles. The van der Waals surface area contributed by atoms with E-state index >= 15 is 0 Å². The topological polar surface area (TPSA) is 53.4 Å². The van der Waals surface area contributed by atoms with E-state index < -0.39 is 0 Å². The predicted molar refractivity (Wildman–Crippen MR) is 115 cm³/mol. The molecule has 5 nitrogen and oxygen atoms in total. The van der Waals surface area contributed by atoms with Crippen LogP contribution in [0, 0.1) is 13.8 Å². The van der Waals surface area contributed by atoms with Crippen molar-refractivity contribution < 1.29 is 14.3 Å². The van der Waals surface area contributed by atoms with E-state index in [4.69, 9.17) is 9.47 Å². The molecule has 0 aliphatic heterocycles. The van der Waals surface area contributed by atoms with Crippen molar-refractivity contribution in [3.8, 4) is 11.5 Å². The Bertz CT molecular complexity index is 1010. The number of ketones is 1. The number of rotatable bonds is 8. The monoisotopic (exact) mass is 390 g/mol. The number of carbonyl (C=O) groups excluding carboxylic acids is 1. The first-order valence-corrected chi connectivity index (χ1v) is 9.63. The maximum atomic E-state index is 12.5. The quantitative estimate of drug-likeness (QED) is 0.401. The Balaban J connectivity index is 1.79. The summed E-state index contributed by atoms with van der Waals surface area (Å²) in [5.41, 5.74) is 4.59. The number of carbonyl (C=O) groups is 1. The van der Waals surface area contributed by atoms with E-state index in [0.717, 1.165) is 33.8 Å². The molecule has 3 aromatic rings. The standard InChI is InChI=1S/C24H26N2O3/c1-5-26-21(13-14-25-26)22(27)11-9-19-10-12-23(28-4)20(15-19)16-29-24-17(2)7-6-8-18(24)3/h6-15H,5,16H2,1-4H3/b11-9+. The summed E-state index contributed by atoms with van der Waals surface area (Å²) in [4.78, 5) is 12.5. The second kappa shape index (κ2) is 9.24. The first-order valence-electron chi connectivity index (χ1n) is 9.63. The number of ether oxygens (including phenoxy) is 2. The van der Waals surface area contributed by atoms with Gasteiger partial charge < -0.3 is 9.47 Å². The van der Waals surface area contributed by atoms with Gasteiger partial charge in [-0.25, -0.2) is 0 Å². The summed E-state index contributed by atoms with van der Waals surface area (Å²) >= 11 is 0. The molecule has 0 spiro atoms. The van der Waals surface area contributed by atoms with Crippen LogP contribution < -0.4 is 9.47 Å². The van der Waals surface area contributed by atoms with Gasteiger partial charge in [0.05, 0.1) is 7.11 Å². The molecule has 0 N–H and O–H groups in total. The number of allylic oxidation sites excluding steroid dienone is 1. The van der Waals surface area contributed by atoms with Gasteiger partial charge in [-0.05, 0) is 61.7 Å². The van der Waals surface area contributed by atoms with Gasteiger partial charge in [0.15, 0.2) is 0 Å². The molecule has 0 radical (unpaired) electrons. The number of hydrogen-bond acceptors (Lipinski definition) is 4. The molecule has 0 fully saturated rings. The summed E-state index contributed by atoms with van der Waals surface area (Å²) in [6.07, 6.45) is 5.01. The summed E-state index contributed by atoms with van der Waals surface area (Å²) in [5, 5.41) is 4.14. The average molecular weight is 390 g/mol. The minimum Gasteiger partial charge on any atom is -0.496 e. The maximum Gasteiger partial charge on any atom is 0.203 e. The Morgan fingerprint density at radius 2 is 1.90 bits per heavy atom. The molecule has 0 aliphatic carbocycles. The molecule has 0 saturated heterocycles. The van der Waals surface area contributed by atoms with E-state index in [-0.39, 0.29) is 5.78 Å². The van der Waals surface area contributed by atoms with Gasteiger partial charge in [-0.2, -0.15) is 5.10 Å². The number of benzene rings is 2. The van der Waals surface area contributed by atoms with Crippen LogP contribution in [0.1, 0.15) is 39.7 Å². The highest BCUT2D eigenvalue weighted by Crippen LogP contribution is 2.26. The molecule has 0 atom stereocenters. The third-order valence-electron chi connectivity index (χ3n) is 4.78. The average Bonchev–Trinajstić information content (AvgIpc) is 3.20. The van der Waals surface area contributed by atoms with Gasteiger partial charge in [-0.15, -0.1) is 0 Å². The Morgan fingerprint density at radius 1 is 1.14 bits per heavy atom. The SMILES string of the molecule is CCn1nccc1C(=O)/C=C/c1ccc(OC)c(COc2c(C)cccc2C)c1. The second-order valence-electron chi connectivity index (χ2n) is 6.81. The number of para-hydroxylation sites is 1. The van der Waals surface area contributed by atoms with Crippen molar-refractivity contribution >= 4 is 11.9 Å². The summed E-state index contributed by atoms with van der Waals surface area (Å²) in [7, 11) is 1.64. The first-order chi connectivity index (χ1) is 14.0. The van der Waals surface area contributed by atoms with Gasteiger partial charge in [0, 0.05) is 18.3 Å². The zero-order valence-corrected chi connectivity index (χ0v) is 17.3. The van der Waals surface area contributed by atoms with Crippen molar-refractivity contribution in [2.75, 3.05) is 7.11 Å². The Kier molecular flexibility index (Phi) is 6.50. The summed E-state index contributed by atoms with van der Waals surface area (Å²) < 4.78 is 13.2. The molecule has 0 saturated carbocycles. The molecule has 0 aliphatic rings. The van der Waals surface area contributed by atoms with Crippen LogP contribution in [-0.4, -0.2) is 22.7 Å². The van der Waals surface area contributed by atoms with Crippen molar-refractivity contribution in [3.05, 3.63) is 82.7 Å². The molecule has 29 heavy (non-hydrogen) atoms. The Morgan fingerprint density at radius 3 is 2.59 bits per heavy atom. The summed E-state index contributed by atoms with van der Waals surface area (Å²) in [6.45, 7) is 7.06. The van der Waals surface area contributed by atoms with Crippen LogP contribution >= 0.6 is 0 Å². The molecular formula is C24H26N2O3. The molecule has 150 valence electrons. The highest BCUT2D eigenvalue weighted by Gasteiger charge is 2.10. The van der Waals surface area contributed by atoms with Crippen molar-refractivity contribution in [3.63, 3.8) is 0 Å². The number of hydrogen-bond donors (Lipinski definition) is 0. The summed E-state index contributed by atoms with van der Waals surface area (Å²) in [6, 6.07) is 13.6. The van der Waals surface area contributed by atoms with E-state index in [0.29, 0.717) is 18.8 Å². The van der Waals surface area contributed by atoms with Gasteiger partial charge in [-0.1, -0.05) is 30.3 Å². The van der Waals surface area contributed by atoms with E-state index in [2.05, 4.69) is 5.10 Å². The number of aryl methyl sites for hydroxylation is 3. The molecule has 3 rings (SSSR count). The molecule has 2 aromatic carbocycles. The fraction of sp³-hybridized carbons (Fsp3) is 0.250. The number of nitrogens with zero attached hydrogens (tertiary/aromatic N) is 2. The smallest absolute Gasteiger partial charge is 0.203 e. The van der Waals surface area contributed by atoms with Crippen LogP contribution in [0.2, 0.25) is 0 Å². The van der Waals surface area contributed by atoms with Gasteiger partial charge in [0.1, 0.15) is 23.8 Å². The van der Waals surface area contributed by atoms with Crippen LogP contribution in [-0.2, 0) is 13.2 Å². The predicted octanol–water partition coefficient (Wildman–Crippen LogP) is 5.00. The van der Waals surface area contributed by atoms with Gasteiger partial charge in [-0.3, -0.25) is 9.48 Å². The third-order valence-corrected chi connectivity index (χ3v) is 4.78. The molecule has 0 amide bonds. The number of methoxy groups -OCH3 is 1. The summed E-state index contributed by atoms with van der Waals surface area (Å²) in [5.74, 6) is 1.57. The molecular weight excluding hydrogens is 364 g/mol. The van der Waals surface area contributed by atoms with Crippen LogP contribution in [0.15, 0.2) is 54.7 Å². The fourth-order valence-corrected chi connectivity index (χ4v) is 3.24. The normalized spacial score (nSPS) is 11.0. The van der Waals surface area contributed by atoms with E-state index in [9.17, 15) is 4.79 Å². The van der Waals surface area contributed by atoms with E-state index in [1.54, 1.807) is 36.2 Å². The maximum absolute atomic E-state index is 12.5. The minimum absolute atomic E-state index is 0.0755. The van der Waals surface area contributed by atoms with Crippen molar-refractivity contribution in [1.82, 2.24) is 9.78 Å². The molecule has 0 unspecified atom stereocenters. The molecule has 5 heteroatoms. The van der Waals surface area contributed by atoms with Gasteiger partial charge in [0.2, 0.25) is 5.78 Å². The first kappa shape index (κ1) is 20.4.